The van der Waals surface area contributed by atoms with Crippen LogP contribution < -0.4 is 10.2 Å². The van der Waals surface area contributed by atoms with Gasteiger partial charge < -0.3 is 10.2 Å². The molecule has 0 fully saturated rings. The normalized spacial score (nSPS) is 11.0. The fraction of sp³-hybridized carbons (Fsp3) is 0. The van der Waals surface area contributed by atoms with E-state index < -0.39 is 0 Å². The predicted octanol–water partition coefficient (Wildman–Crippen LogP) is 4.86. The van der Waals surface area contributed by atoms with Gasteiger partial charge in [-0.05, 0) is 55.1 Å². The van der Waals surface area contributed by atoms with Crippen molar-refractivity contribution in [3.63, 3.8) is 0 Å². The third-order valence-electron chi connectivity index (χ3n) is 3.56. The molecule has 0 unspecified atom stereocenters. The fourth-order valence-electron chi connectivity index (χ4n) is 2.22. The number of nitrogens with zero attached hydrogens (tertiary/aromatic N) is 2. The van der Waals surface area contributed by atoms with Gasteiger partial charge >= 0.3 is 16.5 Å². The van der Waals surface area contributed by atoms with Crippen molar-refractivity contribution < 1.29 is 26.7 Å². The third kappa shape index (κ3) is 5.28. The Morgan fingerprint density at radius 1 is 0.630 bits per heavy atom. The molecule has 0 N–H and O–H groups in total. The van der Waals surface area contributed by atoms with E-state index >= 15 is 0 Å². The Morgan fingerprint density at radius 2 is 1.00 bits per heavy atom. The predicted molar refractivity (Wildman–Crippen MR) is 108 cm³/mol. The molecule has 3 rings (SSSR count). The Kier molecular flexibility index (Phi) is 7.78. The second-order valence-electron chi connectivity index (χ2n) is 5.32. The summed E-state index contributed by atoms with van der Waals surface area (Å²) in [6, 6.07) is 17.0. The maximum atomic E-state index is 11.8. The molecule has 0 aliphatic heterocycles. The molecule has 0 saturated heterocycles. The van der Waals surface area contributed by atoms with Crippen LogP contribution in [0.2, 0.25) is 0 Å². The second-order valence-corrected chi connectivity index (χ2v) is 7.03. The number of rotatable bonds is 4. The van der Waals surface area contributed by atoms with Crippen molar-refractivity contribution in [1.82, 2.24) is 0 Å². The van der Waals surface area contributed by atoms with Crippen molar-refractivity contribution in [3.8, 4) is 11.5 Å². The quantitative estimate of drug-likeness (QED) is 0.357. The van der Waals surface area contributed by atoms with Crippen molar-refractivity contribution in [2.45, 2.75) is 0 Å². The monoisotopic (exact) mass is 528 g/mol. The Labute approximate surface area is 183 Å². The van der Waals surface area contributed by atoms with Gasteiger partial charge in [0.15, 0.2) is 0 Å². The molecular weight excluding hydrogens is 519 g/mol. The van der Waals surface area contributed by atoms with Crippen LogP contribution in [0.25, 0.3) is 0 Å². The average Bonchev–Trinajstić information content (AvgIpc) is 2.64. The van der Waals surface area contributed by atoms with Crippen LogP contribution in [-0.4, -0.2) is 12.4 Å². The van der Waals surface area contributed by atoms with E-state index in [-0.39, 0.29) is 28.0 Å². The van der Waals surface area contributed by atoms with Crippen molar-refractivity contribution in [3.05, 3.63) is 80.7 Å². The van der Waals surface area contributed by atoms with Gasteiger partial charge in [0.05, 0.1) is 0 Å². The van der Waals surface area contributed by atoms with Gasteiger partial charge in [-0.25, -0.2) is 0 Å². The standard InChI is InChI=1S/C20H14Br2N2O2.Ni/c21-15-9-10-16(22)20(24-12-14-6-2-4-8-18(14)26)19(15)23-11-13-5-1-3-7-17(13)25;/h1-12,25-26H;/q;+2/p-2. The van der Waals surface area contributed by atoms with E-state index in [2.05, 4.69) is 41.8 Å². The van der Waals surface area contributed by atoms with Crippen molar-refractivity contribution in [2.75, 3.05) is 0 Å². The number of aliphatic imine (C=N–C) groups is 2. The topological polar surface area (TPSA) is 70.8 Å². The molecule has 4 nitrogen and oxygen atoms in total. The van der Waals surface area contributed by atoms with Gasteiger partial charge in [-0.15, -0.1) is 11.5 Å². The SMILES string of the molecule is [Ni+2].[O-]c1ccccc1C=Nc1c(Br)ccc(Br)c1N=Cc1ccccc1[O-]. The summed E-state index contributed by atoms with van der Waals surface area (Å²) in [5.41, 5.74) is 2.09. The van der Waals surface area contributed by atoms with Crippen molar-refractivity contribution >= 4 is 55.7 Å². The molecule has 0 aliphatic carbocycles. The van der Waals surface area contributed by atoms with Crippen LogP contribution in [0.15, 0.2) is 79.6 Å². The average molecular weight is 531 g/mol. The first kappa shape index (κ1) is 21.4. The molecule has 0 saturated carbocycles. The minimum atomic E-state index is -0.104. The Morgan fingerprint density at radius 3 is 1.37 bits per heavy atom. The summed E-state index contributed by atoms with van der Waals surface area (Å²) in [4.78, 5) is 8.88. The van der Waals surface area contributed by atoms with Gasteiger partial charge in [0.1, 0.15) is 11.4 Å². The molecule has 0 aromatic heterocycles. The number of hydrogen-bond acceptors (Lipinski definition) is 4. The van der Waals surface area contributed by atoms with Gasteiger partial charge in [0.2, 0.25) is 0 Å². The minimum Gasteiger partial charge on any atom is -0.872 e. The van der Waals surface area contributed by atoms with Crippen molar-refractivity contribution in [2.24, 2.45) is 9.98 Å². The Bertz CT molecular complexity index is 927. The van der Waals surface area contributed by atoms with E-state index in [0.29, 0.717) is 22.5 Å². The van der Waals surface area contributed by atoms with Crippen LogP contribution in [0.5, 0.6) is 11.5 Å². The van der Waals surface area contributed by atoms with Crippen LogP contribution in [0, 0.1) is 0 Å². The summed E-state index contributed by atoms with van der Waals surface area (Å²) in [5.74, 6) is -0.208. The zero-order valence-corrected chi connectivity index (χ0v) is 17.9. The first-order chi connectivity index (χ1) is 12.6. The van der Waals surface area contributed by atoms with Crippen LogP contribution in [0.4, 0.5) is 11.4 Å². The smallest absolute Gasteiger partial charge is 0.872 e. The van der Waals surface area contributed by atoms with Crippen molar-refractivity contribution in [1.29, 1.82) is 0 Å². The zero-order chi connectivity index (χ0) is 18.5. The molecule has 0 atom stereocenters. The molecule has 0 radical (unpaired) electrons. The van der Waals surface area contributed by atoms with E-state index in [1.54, 1.807) is 36.4 Å². The molecule has 0 spiro atoms. The molecular formula is C20H12Br2N2NiO2. The summed E-state index contributed by atoms with van der Waals surface area (Å²) >= 11 is 6.93. The van der Waals surface area contributed by atoms with E-state index in [9.17, 15) is 10.2 Å². The molecule has 3 aromatic carbocycles. The first-order valence-electron chi connectivity index (χ1n) is 7.64. The fourth-order valence-corrected chi connectivity index (χ4v) is 3.06. The van der Waals surface area contributed by atoms with Gasteiger partial charge in [-0.3, -0.25) is 9.98 Å². The van der Waals surface area contributed by atoms with E-state index in [1.807, 2.05) is 12.1 Å². The van der Waals surface area contributed by atoms with Crippen LogP contribution in [-0.2, 0) is 16.5 Å². The maximum Gasteiger partial charge on any atom is 2.00 e. The van der Waals surface area contributed by atoms with Gasteiger partial charge in [0.25, 0.3) is 0 Å². The number of hydrogen-bond donors (Lipinski definition) is 0. The molecule has 27 heavy (non-hydrogen) atoms. The molecule has 7 heteroatoms. The number of halogens is 2. The van der Waals surface area contributed by atoms with Crippen LogP contribution in [0.3, 0.4) is 0 Å². The molecule has 3 aromatic rings. The van der Waals surface area contributed by atoms with E-state index in [4.69, 9.17) is 0 Å². The van der Waals surface area contributed by atoms with E-state index in [0.717, 1.165) is 8.95 Å². The van der Waals surface area contributed by atoms with Gasteiger partial charge in [0, 0.05) is 21.4 Å². The maximum absolute atomic E-state index is 11.8. The van der Waals surface area contributed by atoms with Crippen LogP contribution in [0.1, 0.15) is 11.1 Å². The number of benzene rings is 3. The first-order valence-corrected chi connectivity index (χ1v) is 9.23. The number of para-hydroxylation sites is 2. The molecule has 0 amide bonds. The third-order valence-corrected chi connectivity index (χ3v) is 4.84. The minimum absolute atomic E-state index is 0. The summed E-state index contributed by atoms with van der Waals surface area (Å²) in [6.07, 6.45) is 3.02. The Balaban J connectivity index is 0.00000261. The summed E-state index contributed by atoms with van der Waals surface area (Å²) < 4.78 is 1.45. The Hall–Kier alpha value is -1.95. The van der Waals surface area contributed by atoms with E-state index in [1.165, 1.54) is 24.6 Å². The summed E-state index contributed by atoms with van der Waals surface area (Å²) in [5, 5.41) is 23.7. The zero-order valence-electron chi connectivity index (χ0n) is 13.7. The van der Waals surface area contributed by atoms with Gasteiger partial charge in [-0.2, -0.15) is 0 Å². The summed E-state index contributed by atoms with van der Waals surface area (Å²) in [7, 11) is 0. The molecule has 0 heterocycles. The van der Waals surface area contributed by atoms with Crippen LogP contribution >= 0.6 is 31.9 Å². The second kappa shape index (κ2) is 9.83. The summed E-state index contributed by atoms with van der Waals surface area (Å²) in [6.45, 7) is 0. The molecule has 0 aliphatic rings. The molecule has 138 valence electrons. The van der Waals surface area contributed by atoms with Gasteiger partial charge in [-0.1, -0.05) is 48.5 Å². The largest absolute Gasteiger partial charge is 2.00 e. The molecule has 0 bridgehead atoms.